The topological polar surface area (TPSA) is 67.4 Å². The molecule has 0 atom stereocenters. The number of thioether (sulfide) groups is 1. The number of nitrogens with one attached hydrogen (secondary N) is 2. The van der Waals surface area contributed by atoms with Crippen molar-refractivity contribution >= 4 is 57.9 Å². The van der Waals surface area contributed by atoms with E-state index in [-0.39, 0.29) is 11.8 Å². The average molecular weight is 447 g/mol. The Morgan fingerprint density at radius 2 is 1.62 bits per heavy atom. The van der Waals surface area contributed by atoms with Crippen molar-refractivity contribution in [2.45, 2.75) is 5.75 Å². The fourth-order valence-corrected chi connectivity index (χ4v) is 4.48. The van der Waals surface area contributed by atoms with Crippen molar-refractivity contribution in [2.24, 2.45) is 0 Å². The van der Waals surface area contributed by atoms with E-state index >= 15 is 0 Å². The predicted octanol–water partition coefficient (Wildman–Crippen LogP) is 5.53. The summed E-state index contributed by atoms with van der Waals surface area (Å²) in [4.78, 5) is 25.6. The monoisotopic (exact) mass is 446 g/mol. The third-order valence-corrected chi connectivity index (χ3v) is 6.28. The molecular formula is C21H19ClN2O3S2. The molecule has 0 aliphatic carbocycles. The molecule has 0 bridgehead atoms. The first-order chi connectivity index (χ1) is 14.0. The second kappa shape index (κ2) is 10.3. The number of hydrogen-bond donors (Lipinski definition) is 2. The van der Waals surface area contributed by atoms with Gasteiger partial charge in [0.15, 0.2) is 0 Å². The van der Waals surface area contributed by atoms with E-state index in [4.69, 9.17) is 16.3 Å². The molecule has 3 aromatic rings. The van der Waals surface area contributed by atoms with Gasteiger partial charge in [-0.1, -0.05) is 11.6 Å². The Hall–Kier alpha value is -2.48. The van der Waals surface area contributed by atoms with Crippen molar-refractivity contribution in [1.29, 1.82) is 0 Å². The summed E-state index contributed by atoms with van der Waals surface area (Å²) in [5, 5.41) is 5.66. The molecule has 0 aliphatic heterocycles. The van der Waals surface area contributed by atoms with Crippen LogP contribution >= 0.6 is 34.7 Å². The molecular weight excluding hydrogens is 428 g/mol. The molecule has 0 saturated carbocycles. The Labute approximate surface area is 182 Å². The summed E-state index contributed by atoms with van der Waals surface area (Å²) < 4.78 is 5.85. The molecule has 1 aromatic heterocycles. The lowest BCUT2D eigenvalue weighted by Crippen LogP contribution is -2.15. The molecule has 2 aromatic carbocycles. The first-order valence-electron chi connectivity index (χ1n) is 8.71. The quantitative estimate of drug-likeness (QED) is 0.477. The zero-order chi connectivity index (χ0) is 20.6. The van der Waals surface area contributed by atoms with Gasteiger partial charge >= 0.3 is 0 Å². The zero-order valence-corrected chi connectivity index (χ0v) is 18.0. The summed E-state index contributed by atoms with van der Waals surface area (Å²) >= 11 is 8.94. The molecule has 1 heterocycles. The van der Waals surface area contributed by atoms with Crippen LogP contribution in [0.15, 0.2) is 60.7 Å². The van der Waals surface area contributed by atoms with Crippen LogP contribution in [0.2, 0.25) is 4.34 Å². The Morgan fingerprint density at radius 3 is 2.24 bits per heavy atom. The van der Waals surface area contributed by atoms with Gasteiger partial charge in [0.25, 0.3) is 5.91 Å². The lowest BCUT2D eigenvalue weighted by Gasteiger charge is -2.08. The molecule has 2 N–H and O–H groups in total. The van der Waals surface area contributed by atoms with E-state index in [0.29, 0.717) is 22.7 Å². The van der Waals surface area contributed by atoms with Gasteiger partial charge in [0.05, 0.1) is 17.2 Å². The first kappa shape index (κ1) is 21.2. The highest BCUT2D eigenvalue weighted by Crippen LogP contribution is 2.25. The standard InChI is InChI=1S/C21H19ClN2O3S2/c1-27-17-8-6-16(7-9-17)24-21(26)14-2-4-15(5-3-14)23-20(25)13-28-12-18-10-11-19(22)29-18/h2-11H,12-13H2,1H3,(H,23,25)(H,24,26). The molecule has 2 amide bonds. The van der Waals surface area contributed by atoms with Crippen molar-refractivity contribution in [2.75, 3.05) is 23.5 Å². The van der Waals surface area contributed by atoms with Crippen molar-refractivity contribution in [3.8, 4) is 5.75 Å². The maximum atomic E-state index is 12.3. The summed E-state index contributed by atoms with van der Waals surface area (Å²) in [6, 6.07) is 17.7. The van der Waals surface area contributed by atoms with Crippen molar-refractivity contribution in [3.05, 3.63) is 75.4 Å². The molecule has 150 valence electrons. The van der Waals surface area contributed by atoms with Crippen LogP contribution in [0.1, 0.15) is 15.2 Å². The normalized spacial score (nSPS) is 10.4. The van der Waals surface area contributed by atoms with Gasteiger partial charge in [-0.05, 0) is 60.7 Å². The van der Waals surface area contributed by atoms with Crippen molar-refractivity contribution in [1.82, 2.24) is 0 Å². The smallest absolute Gasteiger partial charge is 0.255 e. The van der Waals surface area contributed by atoms with Crippen LogP contribution in [0, 0.1) is 0 Å². The number of halogens is 1. The lowest BCUT2D eigenvalue weighted by molar-refractivity contribution is -0.113. The fraction of sp³-hybridized carbons (Fsp3) is 0.143. The van der Waals surface area contributed by atoms with Crippen molar-refractivity contribution < 1.29 is 14.3 Å². The second-order valence-electron chi connectivity index (χ2n) is 6.01. The van der Waals surface area contributed by atoms with Gasteiger partial charge in [-0.25, -0.2) is 0 Å². The van der Waals surface area contributed by atoms with Gasteiger partial charge in [0.1, 0.15) is 5.75 Å². The second-order valence-corrected chi connectivity index (χ2v) is 8.79. The molecule has 0 saturated heterocycles. The number of rotatable bonds is 8. The van der Waals surface area contributed by atoms with Crippen LogP contribution in [-0.4, -0.2) is 24.7 Å². The Balaban J connectivity index is 1.47. The molecule has 3 rings (SSSR count). The third-order valence-electron chi connectivity index (χ3n) is 3.89. The highest BCUT2D eigenvalue weighted by Gasteiger charge is 2.08. The van der Waals surface area contributed by atoms with Gasteiger partial charge in [0.2, 0.25) is 5.91 Å². The van der Waals surface area contributed by atoms with Crippen LogP contribution < -0.4 is 15.4 Å². The van der Waals surface area contributed by atoms with Crippen LogP contribution in [0.4, 0.5) is 11.4 Å². The molecule has 5 nitrogen and oxygen atoms in total. The fourth-order valence-electron chi connectivity index (χ4n) is 2.45. The zero-order valence-electron chi connectivity index (χ0n) is 15.6. The number of amides is 2. The number of methoxy groups -OCH3 is 1. The molecule has 0 aliphatic rings. The van der Waals surface area contributed by atoms with Crippen LogP contribution in [0.3, 0.4) is 0 Å². The molecule has 0 spiro atoms. The average Bonchev–Trinajstić information content (AvgIpc) is 3.14. The molecule has 0 unspecified atom stereocenters. The summed E-state index contributed by atoms with van der Waals surface area (Å²) in [7, 11) is 1.59. The number of hydrogen-bond acceptors (Lipinski definition) is 5. The van der Waals surface area contributed by atoms with E-state index in [0.717, 1.165) is 20.7 Å². The van der Waals surface area contributed by atoms with Gasteiger partial charge in [0, 0.05) is 27.6 Å². The predicted molar refractivity (Wildman–Crippen MR) is 122 cm³/mol. The van der Waals surface area contributed by atoms with Crippen LogP contribution in [0.25, 0.3) is 0 Å². The van der Waals surface area contributed by atoms with E-state index in [9.17, 15) is 9.59 Å². The number of ether oxygens (including phenoxy) is 1. The number of anilines is 2. The minimum atomic E-state index is -0.224. The molecule has 0 radical (unpaired) electrons. The van der Waals surface area contributed by atoms with Crippen LogP contribution in [-0.2, 0) is 10.5 Å². The molecule has 8 heteroatoms. The third kappa shape index (κ3) is 6.52. The van der Waals surface area contributed by atoms with Gasteiger partial charge in [-0.15, -0.1) is 23.1 Å². The Morgan fingerprint density at radius 1 is 0.966 bits per heavy atom. The number of benzene rings is 2. The Kier molecular flexibility index (Phi) is 7.57. The van der Waals surface area contributed by atoms with E-state index < -0.39 is 0 Å². The van der Waals surface area contributed by atoms with E-state index in [1.54, 1.807) is 55.6 Å². The van der Waals surface area contributed by atoms with Crippen LogP contribution in [0.5, 0.6) is 5.75 Å². The number of carbonyl (C=O) groups excluding carboxylic acids is 2. The van der Waals surface area contributed by atoms with Gasteiger partial charge in [-0.2, -0.15) is 0 Å². The summed E-state index contributed by atoms with van der Waals surface area (Å²) in [5.41, 5.74) is 1.83. The summed E-state index contributed by atoms with van der Waals surface area (Å²) in [5.74, 6) is 1.50. The van der Waals surface area contributed by atoms with E-state index in [1.807, 2.05) is 12.1 Å². The first-order valence-corrected chi connectivity index (χ1v) is 11.1. The summed E-state index contributed by atoms with van der Waals surface area (Å²) in [6.45, 7) is 0. The highest BCUT2D eigenvalue weighted by molar-refractivity contribution is 7.99. The maximum Gasteiger partial charge on any atom is 0.255 e. The number of carbonyl (C=O) groups is 2. The molecule has 0 fully saturated rings. The van der Waals surface area contributed by atoms with E-state index in [2.05, 4.69) is 10.6 Å². The minimum absolute atomic E-state index is 0.0897. The number of thiophene rings is 1. The highest BCUT2D eigenvalue weighted by atomic mass is 35.5. The maximum absolute atomic E-state index is 12.3. The lowest BCUT2D eigenvalue weighted by atomic mass is 10.2. The van der Waals surface area contributed by atoms with Gasteiger partial charge < -0.3 is 15.4 Å². The van der Waals surface area contributed by atoms with Crippen molar-refractivity contribution in [3.63, 3.8) is 0 Å². The Bertz CT molecular complexity index is 972. The summed E-state index contributed by atoms with van der Waals surface area (Å²) in [6.07, 6.45) is 0. The SMILES string of the molecule is COc1ccc(NC(=O)c2ccc(NC(=O)CSCc3ccc(Cl)s3)cc2)cc1. The van der Waals surface area contributed by atoms with E-state index in [1.165, 1.54) is 23.1 Å². The van der Waals surface area contributed by atoms with Gasteiger partial charge in [-0.3, -0.25) is 9.59 Å². The molecule has 29 heavy (non-hydrogen) atoms. The largest absolute Gasteiger partial charge is 0.497 e. The minimum Gasteiger partial charge on any atom is -0.497 e.